The van der Waals surface area contributed by atoms with E-state index in [1.54, 1.807) is 55.3 Å². The number of fused-ring (bicyclic) bond motifs is 2. The molecule has 10 nitrogen and oxygen atoms in total. The molecule has 1 amide bonds. The van der Waals surface area contributed by atoms with Crippen molar-refractivity contribution in [3.63, 3.8) is 0 Å². The number of benzene rings is 2. The number of amides is 1. The van der Waals surface area contributed by atoms with Crippen LogP contribution in [0.4, 0.5) is 0 Å². The summed E-state index contributed by atoms with van der Waals surface area (Å²) in [6.45, 7) is 4.56. The van der Waals surface area contributed by atoms with E-state index < -0.39 is 0 Å². The summed E-state index contributed by atoms with van der Waals surface area (Å²) >= 11 is 2.99. The van der Waals surface area contributed by atoms with Gasteiger partial charge >= 0.3 is 0 Å². The molecule has 0 aliphatic rings. The van der Waals surface area contributed by atoms with Crippen molar-refractivity contribution in [2.24, 2.45) is 0 Å². The molecule has 0 atom stereocenters. The minimum atomic E-state index is -0.0337. The highest BCUT2D eigenvalue weighted by atomic mass is 32.1. The van der Waals surface area contributed by atoms with Gasteiger partial charge in [-0.25, -0.2) is 9.97 Å². The standard InChI is InChI=1S/C30H29N5O5S2/c1-16(2)26-21(32-27(41-26)17-7-9-18(10-8-17)28(36)34(3)4)15-39-23-11-19(37-5)12-24-20(23)13-25(40-24)22-14-31-29-35(22)33-30(38-6)42-29/h7-14,16H,15H2,1-6H3. The molecule has 0 saturated carbocycles. The smallest absolute Gasteiger partial charge is 0.294 e. The molecule has 12 heteroatoms. The summed E-state index contributed by atoms with van der Waals surface area (Å²) in [4.78, 5) is 25.1. The van der Waals surface area contributed by atoms with Crippen LogP contribution in [0.1, 0.15) is 40.7 Å². The number of thiazole rings is 1. The molecule has 0 unspecified atom stereocenters. The SMILES string of the molecule is COc1cc(OCc2nc(-c3ccc(C(=O)N(C)C)cc3)sc2C(C)C)c2cc(-c3cnc4sc(OC)nn34)oc2c1. The quantitative estimate of drug-likeness (QED) is 0.179. The second-order valence-electron chi connectivity index (χ2n) is 10.1. The zero-order valence-electron chi connectivity index (χ0n) is 24.0. The number of rotatable bonds is 9. The molecule has 0 aliphatic heterocycles. The molecule has 216 valence electrons. The zero-order valence-corrected chi connectivity index (χ0v) is 25.6. The number of carbonyl (C=O) groups excluding carboxylic acids is 1. The van der Waals surface area contributed by atoms with Crippen LogP contribution in [-0.4, -0.2) is 58.7 Å². The van der Waals surface area contributed by atoms with Crippen molar-refractivity contribution in [2.45, 2.75) is 26.4 Å². The lowest BCUT2D eigenvalue weighted by Gasteiger charge is -2.10. The van der Waals surface area contributed by atoms with E-state index in [9.17, 15) is 4.79 Å². The molecule has 42 heavy (non-hydrogen) atoms. The lowest BCUT2D eigenvalue weighted by molar-refractivity contribution is 0.0827. The fraction of sp³-hybridized carbons (Fsp3) is 0.267. The van der Waals surface area contributed by atoms with Gasteiger partial charge < -0.3 is 23.5 Å². The summed E-state index contributed by atoms with van der Waals surface area (Å²) in [6.07, 6.45) is 1.72. The highest BCUT2D eigenvalue weighted by molar-refractivity contribution is 7.18. The lowest BCUT2D eigenvalue weighted by atomic mass is 10.1. The number of hydrogen-bond acceptors (Lipinski definition) is 10. The Morgan fingerprint density at radius 3 is 2.55 bits per heavy atom. The monoisotopic (exact) mass is 603 g/mol. The molecule has 4 heterocycles. The van der Waals surface area contributed by atoms with Gasteiger partial charge in [0.2, 0.25) is 4.96 Å². The molecule has 6 rings (SSSR count). The summed E-state index contributed by atoms with van der Waals surface area (Å²) in [5.74, 6) is 2.05. The maximum absolute atomic E-state index is 12.3. The first-order valence-electron chi connectivity index (χ1n) is 13.2. The molecule has 0 aliphatic carbocycles. The van der Waals surface area contributed by atoms with E-state index in [2.05, 4.69) is 23.9 Å². The number of furan rings is 1. The summed E-state index contributed by atoms with van der Waals surface area (Å²) in [5, 5.41) is 6.65. The van der Waals surface area contributed by atoms with Gasteiger partial charge in [0, 0.05) is 42.2 Å². The maximum Gasteiger partial charge on any atom is 0.294 e. The third kappa shape index (κ3) is 5.07. The Balaban J connectivity index is 1.31. The summed E-state index contributed by atoms with van der Waals surface area (Å²) in [6, 6.07) is 13.2. The molecule has 2 aromatic carbocycles. The Labute approximate surface area is 250 Å². The van der Waals surface area contributed by atoms with Crippen molar-refractivity contribution >= 4 is 44.5 Å². The predicted octanol–water partition coefficient (Wildman–Crippen LogP) is 6.75. The minimum absolute atomic E-state index is 0.0337. The first-order chi connectivity index (χ1) is 20.2. The van der Waals surface area contributed by atoms with E-state index >= 15 is 0 Å². The van der Waals surface area contributed by atoms with Crippen molar-refractivity contribution in [1.82, 2.24) is 24.5 Å². The zero-order chi connectivity index (χ0) is 29.5. The number of nitrogens with zero attached hydrogens (tertiary/aromatic N) is 5. The Bertz CT molecular complexity index is 1900. The predicted molar refractivity (Wildman–Crippen MR) is 163 cm³/mol. The van der Waals surface area contributed by atoms with E-state index in [1.807, 2.05) is 42.5 Å². The van der Waals surface area contributed by atoms with E-state index in [4.69, 9.17) is 23.6 Å². The molecule has 0 bridgehead atoms. The van der Waals surface area contributed by atoms with E-state index in [1.165, 1.54) is 11.3 Å². The van der Waals surface area contributed by atoms with Gasteiger partial charge in [0.15, 0.2) is 5.76 Å². The fourth-order valence-electron chi connectivity index (χ4n) is 4.57. The van der Waals surface area contributed by atoms with Crippen molar-refractivity contribution in [1.29, 1.82) is 0 Å². The first-order valence-corrected chi connectivity index (χ1v) is 14.8. The average molecular weight is 604 g/mol. The van der Waals surface area contributed by atoms with Crippen LogP contribution in [0.2, 0.25) is 0 Å². The van der Waals surface area contributed by atoms with Crippen molar-refractivity contribution in [3.05, 3.63) is 64.8 Å². The third-order valence-corrected chi connectivity index (χ3v) is 9.04. The van der Waals surface area contributed by atoms with Gasteiger partial charge in [-0.2, -0.15) is 4.52 Å². The van der Waals surface area contributed by atoms with E-state index in [-0.39, 0.29) is 18.4 Å². The molecule has 0 radical (unpaired) electrons. The normalized spacial score (nSPS) is 11.5. The van der Waals surface area contributed by atoms with Crippen molar-refractivity contribution in [3.8, 4) is 38.7 Å². The highest BCUT2D eigenvalue weighted by Gasteiger charge is 2.21. The average Bonchev–Trinajstić information content (AvgIpc) is 3.77. The molecule has 0 N–H and O–H groups in total. The second kappa shape index (κ2) is 11.1. The third-order valence-electron chi connectivity index (χ3n) is 6.70. The van der Waals surface area contributed by atoms with Gasteiger partial charge in [0.25, 0.3) is 11.1 Å². The minimum Gasteiger partial charge on any atom is -0.496 e. The largest absolute Gasteiger partial charge is 0.496 e. The Morgan fingerprint density at radius 2 is 1.86 bits per heavy atom. The molecule has 6 aromatic rings. The van der Waals surface area contributed by atoms with Gasteiger partial charge in [-0.15, -0.1) is 16.4 Å². The molecular weight excluding hydrogens is 574 g/mol. The molecule has 0 saturated heterocycles. The van der Waals surface area contributed by atoms with Crippen LogP contribution >= 0.6 is 22.7 Å². The van der Waals surface area contributed by atoms with Gasteiger partial charge in [-0.3, -0.25) is 4.79 Å². The Hall–Kier alpha value is -4.42. The Kier molecular flexibility index (Phi) is 7.33. The number of carbonyl (C=O) groups is 1. The first kappa shape index (κ1) is 27.7. The number of methoxy groups -OCH3 is 2. The highest BCUT2D eigenvalue weighted by Crippen LogP contribution is 2.39. The molecule has 0 spiro atoms. The lowest BCUT2D eigenvalue weighted by Crippen LogP contribution is -2.21. The van der Waals surface area contributed by atoms with Gasteiger partial charge in [0.1, 0.15) is 34.4 Å². The van der Waals surface area contributed by atoms with Gasteiger partial charge in [-0.1, -0.05) is 26.0 Å². The summed E-state index contributed by atoms with van der Waals surface area (Å²) in [7, 11) is 6.67. The van der Waals surface area contributed by atoms with E-state index in [0.29, 0.717) is 44.3 Å². The number of hydrogen-bond donors (Lipinski definition) is 0. The maximum atomic E-state index is 12.3. The summed E-state index contributed by atoms with van der Waals surface area (Å²) in [5.41, 5.74) is 3.78. The number of ether oxygens (including phenoxy) is 3. The van der Waals surface area contributed by atoms with E-state index in [0.717, 1.165) is 26.5 Å². The van der Waals surface area contributed by atoms with Crippen LogP contribution in [0.15, 0.2) is 53.1 Å². The van der Waals surface area contributed by atoms with Gasteiger partial charge in [-0.05, 0) is 35.5 Å². The van der Waals surface area contributed by atoms with Crippen LogP contribution in [0.3, 0.4) is 0 Å². The second-order valence-corrected chi connectivity index (χ2v) is 12.1. The van der Waals surface area contributed by atoms with Gasteiger partial charge in [0.05, 0.1) is 31.5 Å². The summed E-state index contributed by atoms with van der Waals surface area (Å²) < 4.78 is 25.1. The molecule has 4 aromatic heterocycles. The van der Waals surface area contributed by atoms with Crippen molar-refractivity contribution < 1.29 is 23.4 Å². The van der Waals surface area contributed by atoms with Crippen LogP contribution < -0.4 is 14.2 Å². The fourth-order valence-corrected chi connectivity index (χ4v) is 6.34. The molecule has 0 fully saturated rings. The van der Waals surface area contributed by atoms with Crippen LogP contribution in [0.5, 0.6) is 16.7 Å². The molecular formula is C30H29N5O5S2. The number of aromatic nitrogens is 4. The Morgan fingerprint density at radius 1 is 1.07 bits per heavy atom. The number of imidazole rings is 1. The van der Waals surface area contributed by atoms with Crippen LogP contribution in [-0.2, 0) is 6.61 Å². The topological polar surface area (TPSA) is 104 Å². The van der Waals surface area contributed by atoms with Crippen LogP contribution in [0, 0.1) is 0 Å². The van der Waals surface area contributed by atoms with Crippen molar-refractivity contribution in [2.75, 3.05) is 28.3 Å². The van der Waals surface area contributed by atoms with Crippen LogP contribution in [0.25, 0.3) is 38.0 Å².